The topological polar surface area (TPSA) is 3.24 Å². The van der Waals surface area contributed by atoms with Crippen LogP contribution in [-0.2, 0) is 0 Å². The molecule has 1 aromatic carbocycles. The van der Waals surface area contributed by atoms with Crippen molar-refractivity contribution in [1.82, 2.24) is 4.90 Å². The molecule has 1 aliphatic heterocycles. The Kier molecular flexibility index (Phi) is 3.89. The summed E-state index contributed by atoms with van der Waals surface area (Å²) in [6.07, 6.45) is 8.45. The third-order valence-corrected chi connectivity index (χ3v) is 4.35. The molecule has 1 aliphatic rings. The Hall–Kier alpha value is -2.32. The fourth-order valence-electron chi connectivity index (χ4n) is 2.26. The van der Waals surface area contributed by atoms with Crippen molar-refractivity contribution in [3.05, 3.63) is 95.1 Å². The van der Waals surface area contributed by atoms with E-state index in [9.17, 15) is 0 Å². The summed E-state index contributed by atoms with van der Waals surface area (Å²) in [4.78, 5) is 3.34. The minimum Gasteiger partial charge on any atom is -0.324 e. The molecule has 0 bridgehead atoms. The van der Waals surface area contributed by atoms with Crippen LogP contribution in [0.15, 0.2) is 84.7 Å². The van der Waals surface area contributed by atoms with Crippen LogP contribution in [0, 0.1) is 0 Å². The normalized spacial score (nSPS) is 15.3. The summed E-state index contributed by atoms with van der Waals surface area (Å²) in [6, 6.07) is 14.6. The van der Waals surface area contributed by atoms with Crippen molar-refractivity contribution >= 4 is 22.5 Å². The molecule has 21 heavy (non-hydrogen) atoms. The van der Waals surface area contributed by atoms with E-state index in [0.29, 0.717) is 0 Å². The summed E-state index contributed by atoms with van der Waals surface area (Å²) in [5.41, 5.74) is 4.65. The highest BCUT2D eigenvalue weighted by Gasteiger charge is 2.09. The number of nitrogens with zero attached hydrogens (tertiary/aromatic N) is 1. The molecule has 104 valence electrons. The highest BCUT2D eigenvalue weighted by atomic mass is 32.1. The zero-order valence-corrected chi connectivity index (χ0v) is 12.8. The second-order valence-corrected chi connectivity index (χ2v) is 5.92. The molecule has 0 aliphatic carbocycles. The van der Waals surface area contributed by atoms with Crippen LogP contribution < -0.4 is 0 Å². The van der Waals surface area contributed by atoms with Crippen molar-refractivity contribution in [3.8, 4) is 0 Å². The van der Waals surface area contributed by atoms with E-state index in [2.05, 4.69) is 84.7 Å². The van der Waals surface area contributed by atoms with Crippen LogP contribution in [0.3, 0.4) is 0 Å². The van der Waals surface area contributed by atoms with Crippen molar-refractivity contribution < 1.29 is 0 Å². The highest BCUT2D eigenvalue weighted by molar-refractivity contribution is 7.11. The van der Waals surface area contributed by atoms with E-state index in [1.807, 2.05) is 6.07 Å². The third kappa shape index (κ3) is 3.06. The Morgan fingerprint density at radius 3 is 2.62 bits per heavy atom. The summed E-state index contributed by atoms with van der Waals surface area (Å²) in [7, 11) is 0. The lowest BCUT2D eigenvalue weighted by atomic mass is 10.1. The average Bonchev–Trinajstić information content (AvgIpc) is 3.04. The number of benzene rings is 1. The van der Waals surface area contributed by atoms with Gasteiger partial charge >= 0.3 is 0 Å². The van der Waals surface area contributed by atoms with Crippen LogP contribution in [-0.4, -0.2) is 4.90 Å². The number of hydrogen-bond acceptors (Lipinski definition) is 2. The maximum absolute atomic E-state index is 4.16. The molecule has 1 nitrogen and oxygen atoms in total. The predicted molar refractivity (Wildman–Crippen MR) is 92.5 cm³/mol. The summed E-state index contributed by atoms with van der Waals surface area (Å²) < 4.78 is 0. The van der Waals surface area contributed by atoms with Gasteiger partial charge in [-0.25, -0.2) is 0 Å². The maximum atomic E-state index is 4.16. The van der Waals surface area contributed by atoms with E-state index in [1.165, 1.54) is 21.6 Å². The van der Waals surface area contributed by atoms with E-state index >= 15 is 0 Å². The van der Waals surface area contributed by atoms with Gasteiger partial charge in [-0.1, -0.05) is 43.0 Å². The number of allylic oxidation sites excluding steroid dienone is 4. The molecule has 2 heterocycles. The molecule has 0 atom stereocenters. The highest BCUT2D eigenvalue weighted by Crippen LogP contribution is 2.28. The Morgan fingerprint density at radius 2 is 1.95 bits per heavy atom. The van der Waals surface area contributed by atoms with Crippen molar-refractivity contribution in [2.24, 2.45) is 0 Å². The van der Waals surface area contributed by atoms with E-state index in [-0.39, 0.29) is 0 Å². The molecule has 0 unspecified atom stereocenters. The summed E-state index contributed by atoms with van der Waals surface area (Å²) in [5.74, 6) is 0. The van der Waals surface area contributed by atoms with Crippen LogP contribution >= 0.6 is 11.3 Å². The fraction of sp³-hybridized carbons (Fsp3) is 0.0526. The lowest BCUT2D eigenvalue weighted by molar-refractivity contribution is 0.652. The summed E-state index contributed by atoms with van der Waals surface area (Å²) in [6.45, 7) is 6.28. The van der Waals surface area contributed by atoms with Crippen LogP contribution in [0.1, 0.15) is 17.4 Å². The van der Waals surface area contributed by atoms with Gasteiger partial charge < -0.3 is 4.90 Å². The lowest BCUT2D eigenvalue weighted by Gasteiger charge is -2.22. The van der Waals surface area contributed by atoms with Gasteiger partial charge in [0.25, 0.3) is 0 Å². The Labute approximate surface area is 129 Å². The molecule has 0 radical (unpaired) electrons. The first-order chi connectivity index (χ1) is 10.2. The molecular weight excluding hydrogens is 274 g/mol. The van der Waals surface area contributed by atoms with Crippen LogP contribution in [0.2, 0.25) is 0 Å². The molecule has 2 heteroatoms. The van der Waals surface area contributed by atoms with Crippen molar-refractivity contribution in [2.75, 3.05) is 0 Å². The molecular formula is C19H17NS. The van der Waals surface area contributed by atoms with Crippen molar-refractivity contribution in [3.63, 3.8) is 0 Å². The molecule has 0 amide bonds. The molecule has 0 spiro atoms. The fourth-order valence-corrected chi connectivity index (χ4v) is 2.99. The van der Waals surface area contributed by atoms with E-state index < -0.39 is 0 Å². The monoisotopic (exact) mass is 291 g/mol. The SMILES string of the molecule is C=C1C=C(c2cccs2)C=CN1/C=C(\C)c1ccccc1. The van der Waals surface area contributed by atoms with Crippen molar-refractivity contribution in [2.45, 2.75) is 6.92 Å². The van der Waals surface area contributed by atoms with Gasteiger partial charge in [-0.05, 0) is 47.2 Å². The quantitative estimate of drug-likeness (QED) is 0.718. The molecule has 0 saturated carbocycles. The van der Waals surface area contributed by atoms with Gasteiger partial charge in [0.1, 0.15) is 0 Å². The van der Waals surface area contributed by atoms with E-state index in [1.54, 1.807) is 11.3 Å². The standard InChI is InChI=1S/C19H17NS/c1-15(17-7-4-3-5-8-17)14-20-11-10-18(13-16(20)2)19-9-6-12-21-19/h3-14H,2H2,1H3/b15-14+. The minimum absolute atomic E-state index is 0.983. The Balaban J connectivity index is 1.81. The zero-order chi connectivity index (χ0) is 14.7. The van der Waals surface area contributed by atoms with Crippen molar-refractivity contribution in [1.29, 1.82) is 0 Å². The smallest absolute Gasteiger partial charge is 0.0384 e. The van der Waals surface area contributed by atoms with Gasteiger partial charge in [0, 0.05) is 23.0 Å². The first-order valence-corrected chi connectivity index (χ1v) is 7.77. The molecule has 2 aromatic rings. The number of hydrogen-bond donors (Lipinski definition) is 0. The second-order valence-electron chi connectivity index (χ2n) is 4.97. The lowest BCUT2D eigenvalue weighted by Crippen LogP contribution is -2.10. The minimum atomic E-state index is 0.983. The van der Waals surface area contributed by atoms with Gasteiger partial charge in [-0.2, -0.15) is 0 Å². The van der Waals surface area contributed by atoms with Gasteiger partial charge in [0.2, 0.25) is 0 Å². The molecule has 0 saturated heterocycles. The Bertz CT molecular complexity index is 718. The molecule has 3 rings (SSSR count). The van der Waals surface area contributed by atoms with Gasteiger partial charge in [0.05, 0.1) is 0 Å². The predicted octanol–water partition coefficient (Wildman–Crippen LogP) is 5.54. The second kappa shape index (κ2) is 5.98. The molecule has 1 aromatic heterocycles. The molecule has 0 fully saturated rings. The van der Waals surface area contributed by atoms with Crippen LogP contribution in [0.4, 0.5) is 0 Å². The third-order valence-electron chi connectivity index (χ3n) is 3.44. The van der Waals surface area contributed by atoms with E-state index in [4.69, 9.17) is 0 Å². The summed E-state index contributed by atoms with van der Waals surface area (Å²) >= 11 is 1.75. The first-order valence-electron chi connectivity index (χ1n) is 6.89. The van der Waals surface area contributed by atoms with Gasteiger partial charge in [-0.15, -0.1) is 11.3 Å². The zero-order valence-electron chi connectivity index (χ0n) is 12.0. The number of rotatable bonds is 3. The van der Waals surface area contributed by atoms with E-state index in [0.717, 1.165) is 5.70 Å². The Morgan fingerprint density at radius 1 is 1.14 bits per heavy atom. The maximum Gasteiger partial charge on any atom is 0.0384 e. The van der Waals surface area contributed by atoms with Crippen LogP contribution in [0.25, 0.3) is 11.1 Å². The molecule has 0 N–H and O–H groups in total. The van der Waals surface area contributed by atoms with Gasteiger partial charge in [-0.3, -0.25) is 0 Å². The largest absolute Gasteiger partial charge is 0.324 e. The summed E-state index contributed by atoms with van der Waals surface area (Å²) in [5, 5.41) is 2.10. The van der Waals surface area contributed by atoms with Gasteiger partial charge in [0.15, 0.2) is 0 Å². The average molecular weight is 291 g/mol. The first kappa shape index (κ1) is 13.7. The number of thiophene rings is 1. The van der Waals surface area contributed by atoms with Crippen LogP contribution in [0.5, 0.6) is 0 Å².